The minimum Gasteiger partial charge on any atom is -0.368 e. The molecule has 78 valence electrons. The monoisotopic (exact) mass is 275 g/mol. The Bertz CT molecular complexity index is 302. The highest BCUT2D eigenvalue weighted by atomic mass is 79.9. The van der Waals surface area contributed by atoms with Gasteiger partial charge in [-0.1, -0.05) is 0 Å². The number of thiophene rings is 1. The molecule has 0 saturated carbocycles. The Morgan fingerprint density at radius 3 is 3.07 bits per heavy atom. The highest BCUT2D eigenvalue weighted by molar-refractivity contribution is 9.11. The van der Waals surface area contributed by atoms with Crippen molar-refractivity contribution in [3.05, 3.63) is 20.8 Å². The molecule has 1 saturated heterocycles. The van der Waals surface area contributed by atoms with Gasteiger partial charge in [0, 0.05) is 11.4 Å². The molecule has 0 radical (unpaired) electrons. The summed E-state index contributed by atoms with van der Waals surface area (Å²) in [6, 6.07) is 4.25. The van der Waals surface area contributed by atoms with Crippen LogP contribution in [0.3, 0.4) is 0 Å². The van der Waals surface area contributed by atoms with E-state index < -0.39 is 0 Å². The second kappa shape index (κ2) is 4.75. The predicted octanol–water partition coefficient (Wildman–Crippen LogP) is 2.95. The van der Waals surface area contributed by atoms with Crippen LogP contribution in [0.5, 0.6) is 0 Å². The van der Waals surface area contributed by atoms with Crippen molar-refractivity contribution in [3.63, 3.8) is 0 Å². The van der Waals surface area contributed by atoms with Gasteiger partial charge in [-0.15, -0.1) is 11.3 Å². The quantitative estimate of drug-likeness (QED) is 0.916. The molecule has 2 heterocycles. The Morgan fingerprint density at radius 1 is 1.57 bits per heavy atom. The van der Waals surface area contributed by atoms with Crippen molar-refractivity contribution in [2.24, 2.45) is 0 Å². The third kappa shape index (κ3) is 2.37. The summed E-state index contributed by atoms with van der Waals surface area (Å²) in [5.41, 5.74) is 0. The van der Waals surface area contributed by atoms with Crippen LogP contribution < -0.4 is 5.32 Å². The van der Waals surface area contributed by atoms with E-state index in [1.165, 1.54) is 15.1 Å². The zero-order valence-corrected chi connectivity index (χ0v) is 10.5. The second-order valence-electron chi connectivity index (χ2n) is 3.52. The molecular weight excluding hydrogens is 262 g/mol. The van der Waals surface area contributed by atoms with E-state index in [1.54, 1.807) is 11.3 Å². The lowest BCUT2D eigenvalue weighted by Gasteiger charge is -2.11. The molecule has 4 heteroatoms. The first kappa shape index (κ1) is 10.6. The van der Waals surface area contributed by atoms with Gasteiger partial charge in [0.25, 0.3) is 0 Å². The third-order valence-corrected chi connectivity index (χ3v) is 4.17. The number of hydrogen-bond donors (Lipinski definition) is 1. The van der Waals surface area contributed by atoms with Crippen LogP contribution in [-0.4, -0.2) is 19.7 Å². The molecule has 2 nitrogen and oxygen atoms in total. The molecular formula is C10H14BrNOS. The van der Waals surface area contributed by atoms with Crippen LogP contribution in [0.15, 0.2) is 15.9 Å². The number of nitrogens with one attached hydrogen (secondary N) is 1. The SMILES string of the molecule is CNCC1CCC(c2ccc(Br)s2)O1. The molecule has 0 aliphatic carbocycles. The molecule has 2 rings (SSSR count). The van der Waals surface area contributed by atoms with Gasteiger partial charge in [0.1, 0.15) is 0 Å². The first-order chi connectivity index (χ1) is 6.79. The average molecular weight is 276 g/mol. The number of hydrogen-bond acceptors (Lipinski definition) is 3. The smallest absolute Gasteiger partial charge is 0.0922 e. The van der Waals surface area contributed by atoms with Crippen LogP contribution in [0.25, 0.3) is 0 Å². The molecule has 0 bridgehead atoms. The Kier molecular flexibility index (Phi) is 3.60. The van der Waals surface area contributed by atoms with Crippen LogP contribution >= 0.6 is 27.3 Å². The summed E-state index contributed by atoms with van der Waals surface area (Å²) in [6.07, 6.45) is 3.04. The first-order valence-corrected chi connectivity index (χ1v) is 6.46. The standard InChI is InChI=1S/C10H14BrNOS/c1-12-6-7-2-3-8(13-7)9-4-5-10(11)14-9/h4-5,7-8,12H,2-3,6H2,1H3. The van der Waals surface area contributed by atoms with Crippen molar-refractivity contribution < 1.29 is 4.74 Å². The second-order valence-corrected chi connectivity index (χ2v) is 6.02. The van der Waals surface area contributed by atoms with Gasteiger partial charge in [-0.25, -0.2) is 0 Å². The molecule has 1 aromatic rings. The van der Waals surface area contributed by atoms with E-state index in [0.717, 1.165) is 13.0 Å². The topological polar surface area (TPSA) is 21.3 Å². The molecule has 1 aliphatic rings. The van der Waals surface area contributed by atoms with Crippen molar-refractivity contribution >= 4 is 27.3 Å². The van der Waals surface area contributed by atoms with Crippen LogP contribution in [-0.2, 0) is 4.74 Å². The Hall–Kier alpha value is 0.1000. The number of ether oxygens (including phenoxy) is 1. The third-order valence-electron chi connectivity index (χ3n) is 2.45. The van der Waals surface area contributed by atoms with E-state index >= 15 is 0 Å². The van der Waals surface area contributed by atoms with Crippen LogP contribution in [0.2, 0.25) is 0 Å². The Morgan fingerprint density at radius 2 is 2.43 bits per heavy atom. The summed E-state index contributed by atoms with van der Waals surface area (Å²) in [6.45, 7) is 0.961. The number of halogens is 1. The fourth-order valence-corrected chi connectivity index (χ4v) is 3.29. The molecule has 2 atom stereocenters. The Labute approximate surface area is 96.8 Å². The lowest BCUT2D eigenvalue weighted by Crippen LogP contribution is -2.22. The molecule has 14 heavy (non-hydrogen) atoms. The van der Waals surface area contributed by atoms with Crippen molar-refractivity contribution in [2.75, 3.05) is 13.6 Å². The molecule has 1 N–H and O–H groups in total. The van der Waals surface area contributed by atoms with Gasteiger partial charge in [-0.05, 0) is 48.0 Å². The summed E-state index contributed by atoms with van der Waals surface area (Å²) in [4.78, 5) is 1.34. The summed E-state index contributed by atoms with van der Waals surface area (Å²) < 4.78 is 7.12. The summed E-state index contributed by atoms with van der Waals surface area (Å²) in [5.74, 6) is 0. The maximum atomic E-state index is 5.93. The zero-order valence-electron chi connectivity index (χ0n) is 8.13. The van der Waals surface area contributed by atoms with Gasteiger partial charge in [0.05, 0.1) is 16.0 Å². The lowest BCUT2D eigenvalue weighted by molar-refractivity contribution is 0.0480. The van der Waals surface area contributed by atoms with Gasteiger partial charge < -0.3 is 10.1 Å². The maximum absolute atomic E-state index is 5.93. The van der Waals surface area contributed by atoms with E-state index in [2.05, 4.69) is 33.4 Å². The van der Waals surface area contributed by atoms with Gasteiger partial charge in [-0.2, -0.15) is 0 Å². The highest BCUT2D eigenvalue weighted by Crippen LogP contribution is 2.37. The van der Waals surface area contributed by atoms with Gasteiger partial charge >= 0.3 is 0 Å². The maximum Gasteiger partial charge on any atom is 0.0922 e. The molecule has 1 fully saturated rings. The van der Waals surface area contributed by atoms with Crippen LogP contribution in [0.4, 0.5) is 0 Å². The number of likely N-dealkylation sites (N-methyl/N-ethyl adjacent to an activating group) is 1. The summed E-state index contributed by atoms with van der Waals surface area (Å²) >= 11 is 5.25. The zero-order chi connectivity index (χ0) is 9.97. The number of rotatable bonds is 3. The van der Waals surface area contributed by atoms with Crippen molar-refractivity contribution in [3.8, 4) is 0 Å². The molecule has 2 unspecified atom stereocenters. The van der Waals surface area contributed by atoms with E-state index in [9.17, 15) is 0 Å². The molecule has 1 aromatic heterocycles. The predicted molar refractivity (Wildman–Crippen MR) is 62.8 cm³/mol. The fourth-order valence-electron chi connectivity index (χ4n) is 1.79. The Balaban J connectivity index is 1.95. The van der Waals surface area contributed by atoms with Gasteiger partial charge in [0.15, 0.2) is 0 Å². The molecule has 0 aromatic carbocycles. The summed E-state index contributed by atoms with van der Waals surface area (Å²) in [7, 11) is 1.97. The van der Waals surface area contributed by atoms with E-state index in [0.29, 0.717) is 12.2 Å². The lowest BCUT2D eigenvalue weighted by atomic mass is 10.2. The van der Waals surface area contributed by atoms with E-state index in [1.807, 2.05) is 7.05 Å². The van der Waals surface area contributed by atoms with Gasteiger partial charge in [0.2, 0.25) is 0 Å². The largest absolute Gasteiger partial charge is 0.368 e. The summed E-state index contributed by atoms with van der Waals surface area (Å²) in [5, 5.41) is 3.16. The van der Waals surface area contributed by atoms with Crippen LogP contribution in [0.1, 0.15) is 23.8 Å². The highest BCUT2D eigenvalue weighted by Gasteiger charge is 2.26. The average Bonchev–Trinajstić information content (AvgIpc) is 2.74. The first-order valence-electron chi connectivity index (χ1n) is 4.85. The van der Waals surface area contributed by atoms with Crippen molar-refractivity contribution in [2.45, 2.75) is 25.0 Å². The van der Waals surface area contributed by atoms with E-state index in [-0.39, 0.29) is 0 Å². The van der Waals surface area contributed by atoms with Crippen molar-refractivity contribution in [1.82, 2.24) is 5.32 Å². The minimum atomic E-state index is 0.324. The minimum absolute atomic E-state index is 0.324. The molecule has 1 aliphatic heterocycles. The molecule has 0 amide bonds. The van der Waals surface area contributed by atoms with Crippen LogP contribution in [0, 0.1) is 0 Å². The van der Waals surface area contributed by atoms with Gasteiger partial charge in [-0.3, -0.25) is 0 Å². The normalized spacial score (nSPS) is 27.0. The van der Waals surface area contributed by atoms with E-state index in [4.69, 9.17) is 4.74 Å². The molecule has 0 spiro atoms. The fraction of sp³-hybridized carbons (Fsp3) is 0.600. The van der Waals surface area contributed by atoms with Crippen molar-refractivity contribution in [1.29, 1.82) is 0 Å².